The lowest BCUT2D eigenvalue weighted by atomic mass is 10.2. The highest BCUT2D eigenvalue weighted by molar-refractivity contribution is 7.91. The Labute approximate surface area is 141 Å². The third-order valence-corrected chi connectivity index (χ3v) is 5.12. The van der Waals surface area contributed by atoms with Gasteiger partial charge in [-0.25, -0.2) is 8.42 Å². The molecule has 0 aliphatic rings. The van der Waals surface area contributed by atoms with Gasteiger partial charge in [0.1, 0.15) is 0 Å². The number of halogens is 3. The van der Waals surface area contributed by atoms with Crippen LogP contribution in [0.15, 0.2) is 62.8 Å². The first kappa shape index (κ1) is 17.2. The number of rotatable bonds is 3. The first-order valence-electron chi connectivity index (χ1n) is 7.01. The smallest absolute Gasteiger partial charge is 0.329 e. The molecule has 3 aromatic rings. The molecular weight excluding hydrogens is 357 g/mol. The van der Waals surface area contributed by atoms with Gasteiger partial charge in [0.25, 0.3) is 0 Å². The van der Waals surface area contributed by atoms with Crippen LogP contribution in [0, 0.1) is 6.92 Å². The molecule has 1 aromatic heterocycles. The highest BCUT2D eigenvalue weighted by atomic mass is 32.2. The van der Waals surface area contributed by atoms with Crippen LogP contribution in [-0.2, 0) is 16.0 Å². The van der Waals surface area contributed by atoms with Crippen molar-refractivity contribution in [2.75, 3.05) is 0 Å². The van der Waals surface area contributed by atoms with E-state index in [0.29, 0.717) is 0 Å². The van der Waals surface area contributed by atoms with Crippen molar-refractivity contribution in [3.8, 4) is 11.4 Å². The minimum atomic E-state index is -4.77. The highest BCUT2D eigenvalue weighted by Gasteiger charge is 2.38. The summed E-state index contributed by atoms with van der Waals surface area (Å²) in [6.07, 6.45) is -4.77. The first-order chi connectivity index (χ1) is 11.7. The SMILES string of the molecule is Cc1cccc(S(=O)(=O)c2cccc(-c3noc(C(F)(F)F)n3)c2)c1. The molecule has 3 rings (SSSR count). The van der Waals surface area contributed by atoms with Gasteiger partial charge in [0.05, 0.1) is 9.79 Å². The van der Waals surface area contributed by atoms with Crippen molar-refractivity contribution in [2.45, 2.75) is 22.9 Å². The first-order valence-corrected chi connectivity index (χ1v) is 8.49. The second-order valence-corrected chi connectivity index (χ2v) is 7.22. The van der Waals surface area contributed by atoms with Crippen molar-refractivity contribution >= 4 is 9.84 Å². The molecule has 0 aliphatic carbocycles. The molecule has 0 radical (unpaired) electrons. The van der Waals surface area contributed by atoms with Gasteiger partial charge >= 0.3 is 12.1 Å². The van der Waals surface area contributed by atoms with Gasteiger partial charge in [-0.1, -0.05) is 29.4 Å². The highest BCUT2D eigenvalue weighted by Crippen LogP contribution is 2.30. The fraction of sp³-hybridized carbons (Fsp3) is 0.125. The average Bonchev–Trinajstić information content (AvgIpc) is 3.05. The van der Waals surface area contributed by atoms with E-state index >= 15 is 0 Å². The quantitative estimate of drug-likeness (QED) is 0.701. The van der Waals surface area contributed by atoms with Crippen LogP contribution in [0.2, 0.25) is 0 Å². The van der Waals surface area contributed by atoms with Crippen LogP contribution in [0.5, 0.6) is 0 Å². The van der Waals surface area contributed by atoms with Crippen molar-refractivity contribution in [2.24, 2.45) is 0 Å². The molecule has 1 heterocycles. The number of benzene rings is 2. The maximum Gasteiger partial charge on any atom is 0.471 e. The van der Waals surface area contributed by atoms with E-state index in [2.05, 4.69) is 14.7 Å². The van der Waals surface area contributed by atoms with Crippen LogP contribution in [-0.4, -0.2) is 18.6 Å². The molecule has 0 amide bonds. The zero-order chi connectivity index (χ0) is 18.2. The summed E-state index contributed by atoms with van der Waals surface area (Å²) in [5, 5.41) is 3.26. The molecule has 0 spiro atoms. The number of nitrogens with zero attached hydrogens (tertiary/aromatic N) is 2. The Bertz CT molecular complexity index is 1030. The van der Waals surface area contributed by atoms with E-state index in [1.807, 2.05) is 0 Å². The van der Waals surface area contributed by atoms with Crippen LogP contribution in [0.1, 0.15) is 11.5 Å². The normalized spacial score (nSPS) is 12.3. The lowest BCUT2D eigenvalue weighted by Crippen LogP contribution is -2.05. The van der Waals surface area contributed by atoms with Crippen molar-refractivity contribution in [3.05, 3.63) is 60.0 Å². The van der Waals surface area contributed by atoms with Gasteiger partial charge in [0.2, 0.25) is 15.7 Å². The van der Waals surface area contributed by atoms with Gasteiger partial charge in [0.15, 0.2) is 0 Å². The number of hydrogen-bond donors (Lipinski definition) is 0. The van der Waals surface area contributed by atoms with Gasteiger partial charge < -0.3 is 4.52 Å². The third-order valence-electron chi connectivity index (χ3n) is 3.37. The van der Waals surface area contributed by atoms with Gasteiger partial charge in [-0.3, -0.25) is 0 Å². The fourth-order valence-corrected chi connectivity index (χ4v) is 3.59. The molecule has 0 fully saturated rings. The Morgan fingerprint density at radius 3 is 2.24 bits per heavy atom. The van der Waals surface area contributed by atoms with Crippen molar-refractivity contribution < 1.29 is 26.1 Å². The van der Waals surface area contributed by atoms with E-state index in [9.17, 15) is 21.6 Å². The van der Waals surface area contributed by atoms with E-state index in [1.54, 1.807) is 19.1 Å². The van der Waals surface area contributed by atoms with E-state index in [0.717, 1.165) is 5.56 Å². The maximum absolute atomic E-state index is 12.7. The second-order valence-electron chi connectivity index (χ2n) is 5.27. The Morgan fingerprint density at radius 1 is 1.00 bits per heavy atom. The zero-order valence-electron chi connectivity index (χ0n) is 12.8. The van der Waals surface area contributed by atoms with Crippen LogP contribution in [0.25, 0.3) is 11.4 Å². The molecule has 0 unspecified atom stereocenters. The number of aryl methyl sites for hydroxylation is 1. The van der Waals surface area contributed by atoms with Gasteiger partial charge in [0, 0.05) is 5.56 Å². The minimum absolute atomic E-state index is 0.0750. The van der Waals surface area contributed by atoms with E-state index in [-0.39, 0.29) is 21.2 Å². The molecule has 0 saturated heterocycles. The Morgan fingerprint density at radius 2 is 1.64 bits per heavy atom. The lowest BCUT2D eigenvalue weighted by Gasteiger charge is -2.06. The van der Waals surface area contributed by atoms with E-state index in [1.165, 1.54) is 36.4 Å². The van der Waals surface area contributed by atoms with Crippen LogP contribution in [0.4, 0.5) is 13.2 Å². The number of alkyl halides is 3. The van der Waals surface area contributed by atoms with Crippen LogP contribution < -0.4 is 0 Å². The van der Waals surface area contributed by atoms with E-state index < -0.39 is 21.9 Å². The predicted molar refractivity (Wildman–Crippen MR) is 81.4 cm³/mol. The summed E-state index contributed by atoms with van der Waals surface area (Å²) < 4.78 is 67.2. The van der Waals surface area contributed by atoms with Crippen LogP contribution in [0.3, 0.4) is 0 Å². The summed E-state index contributed by atoms with van der Waals surface area (Å²) in [6.45, 7) is 1.76. The van der Waals surface area contributed by atoms with Crippen molar-refractivity contribution in [1.29, 1.82) is 0 Å². The minimum Gasteiger partial charge on any atom is -0.329 e. The van der Waals surface area contributed by atoms with Crippen molar-refractivity contribution in [3.63, 3.8) is 0 Å². The fourth-order valence-electron chi connectivity index (χ4n) is 2.18. The van der Waals surface area contributed by atoms with Gasteiger partial charge in [-0.15, -0.1) is 0 Å². The molecule has 0 aliphatic heterocycles. The van der Waals surface area contributed by atoms with E-state index in [4.69, 9.17) is 0 Å². The monoisotopic (exact) mass is 368 g/mol. The molecule has 0 atom stereocenters. The van der Waals surface area contributed by atoms with Gasteiger partial charge in [-0.05, 0) is 36.8 Å². The molecule has 0 N–H and O–H groups in total. The molecule has 5 nitrogen and oxygen atoms in total. The predicted octanol–water partition coefficient (Wildman–Crippen LogP) is 3.90. The van der Waals surface area contributed by atoms with Crippen molar-refractivity contribution in [1.82, 2.24) is 10.1 Å². The van der Waals surface area contributed by atoms with Crippen LogP contribution >= 0.6 is 0 Å². The Hall–Kier alpha value is -2.68. The summed E-state index contributed by atoms with van der Waals surface area (Å²) in [5.41, 5.74) is 0.873. The number of aromatic nitrogens is 2. The molecule has 2 aromatic carbocycles. The largest absolute Gasteiger partial charge is 0.471 e. The number of hydrogen-bond acceptors (Lipinski definition) is 5. The number of sulfone groups is 1. The lowest BCUT2D eigenvalue weighted by molar-refractivity contribution is -0.159. The Kier molecular flexibility index (Phi) is 4.11. The topological polar surface area (TPSA) is 73.1 Å². The average molecular weight is 368 g/mol. The molecule has 0 bridgehead atoms. The summed E-state index contributed by atoms with van der Waals surface area (Å²) in [4.78, 5) is 3.28. The maximum atomic E-state index is 12.7. The Balaban J connectivity index is 2.04. The standard InChI is InChI=1S/C16H11F3N2O3S/c1-10-4-2-6-12(8-10)25(22,23)13-7-3-5-11(9-13)14-20-15(24-21-14)16(17,18)19/h2-9H,1H3. The second kappa shape index (κ2) is 5.99. The summed E-state index contributed by atoms with van der Waals surface area (Å²) in [5.74, 6) is -1.83. The molecule has 25 heavy (non-hydrogen) atoms. The molecule has 130 valence electrons. The molecule has 9 heteroatoms. The summed E-state index contributed by atoms with van der Waals surface area (Å²) >= 11 is 0. The molecular formula is C16H11F3N2O3S. The summed E-state index contributed by atoms with van der Waals surface area (Å²) in [6, 6.07) is 11.7. The molecule has 0 saturated carbocycles. The van der Waals surface area contributed by atoms with Gasteiger partial charge in [-0.2, -0.15) is 18.2 Å². The third kappa shape index (κ3) is 3.41. The zero-order valence-corrected chi connectivity index (χ0v) is 13.6. The summed E-state index contributed by atoms with van der Waals surface area (Å²) in [7, 11) is -3.82.